The highest BCUT2D eigenvalue weighted by atomic mass is 32.2. The van der Waals surface area contributed by atoms with Crippen LogP contribution in [0.3, 0.4) is 0 Å². The van der Waals surface area contributed by atoms with Gasteiger partial charge in [0.1, 0.15) is 5.69 Å². The molecular weight excluding hydrogens is 274 g/mol. The van der Waals surface area contributed by atoms with Crippen LogP contribution in [0.4, 0.5) is 0 Å². The number of aromatic nitrogens is 4. The summed E-state index contributed by atoms with van der Waals surface area (Å²) in [7, 11) is -3.88. The van der Waals surface area contributed by atoms with Crippen molar-refractivity contribution in [3.05, 3.63) is 10.9 Å². The monoisotopic (exact) mass is 287 g/mol. The first-order chi connectivity index (χ1) is 8.39. The first kappa shape index (κ1) is 13.1. The summed E-state index contributed by atoms with van der Waals surface area (Å²) in [4.78, 5) is 4.11. The summed E-state index contributed by atoms with van der Waals surface area (Å²) in [6.07, 6.45) is 0. The molecular formula is C9H13N5O2S2. The Kier molecular flexibility index (Phi) is 3.46. The predicted molar refractivity (Wildman–Crippen MR) is 67.3 cm³/mol. The normalized spacial score (nSPS) is 12.2. The Balaban J connectivity index is 2.58. The molecule has 7 nitrogen and oxygen atoms in total. The van der Waals surface area contributed by atoms with Crippen LogP contribution in [0.15, 0.2) is 16.0 Å². The molecule has 0 saturated heterocycles. The van der Waals surface area contributed by atoms with Gasteiger partial charge in [-0.05, 0) is 5.92 Å². The van der Waals surface area contributed by atoms with E-state index in [1.807, 2.05) is 13.8 Å². The van der Waals surface area contributed by atoms with Crippen molar-refractivity contribution in [2.45, 2.75) is 25.5 Å². The smallest absolute Gasteiger partial charge is 0.273 e. The van der Waals surface area contributed by atoms with Gasteiger partial charge in [-0.3, -0.25) is 4.57 Å². The quantitative estimate of drug-likeness (QED) is 0.891. The maximum absolute atomic E-state index is 11.5. The number of primary sulfonamides is 1. The largest absolute Gasteiger partial charge is 0.295 e. The predicted octanol–water partition coefficient (Wildman–Crippen LogP) is 0.705. The standard InChI is InChI=1S/C9H13N5O2S2/c1-6(2)3-14-8(7-4-17-5-11-7)12-13-9(14)18(10,15)16/h4-6H,3H2,1-2H3,(H2,10,15,16). The molecule has 2 aromatic heterocycles. The second-order valence-electron chi connectivity index (χ2n) is 4.23. The van der Waals surface area contributed by atoms with Gasteiger partial charge < -0.3 is 0 Å². The lowest BCUT2D eigenvalue weighted by Gasteiger charge is -2.10. The van der Waals surface area contributed by atoms with Gasteiger partial charge in [0.05, 0.1) is 5.51 Å². The number of hydrogen-bond donors (Lipinski definition) is 1. The Labute approximate surface area is 109 Å². The maximum Gasteiger partial charge on any atom is 0.273 e. The minimum absolute atomic E-state index is 0.223. The van der Waals surface area contributed by atoms with Gasteiger partial charge in [-0.1, -0.05) is 13.8 Å². The van der Waals surface area contributed by atoms with Gasteiger partial charge in [-0.25, -0.2) is 18.5 Å². The molecule has 0 aromatic carbocycles. The summed E-state index contributed by atoms with van der Waals surface area (Å²) in [6.45, 7) is 4.40. The van der Waals surface area contributed by atoms with Gasteiger partial charge in [0.2, 0.25) is 0 Å². The van der Waals surface area contributed by atoms with Crippen LogP contribution in [0.25, 0.3) is 11.5 Å². The molecule has 9 heteroatoms. The molecule has 0 radical (unpaired) electrons. The lowest BCUT2D eigenvalue weighted by atomic mass is 10.2. The van der Waals surface area contributed by atoms with E-state index in [2.05, 4.69) is 15.2 Å². The maximum atomic E-state index is 11.5. The highest BCUT2D eigenvalue weighted by molar-refractivity contribution is 7.89. The number of thiazole rings is 1. The third-order valence-electron chi connectivity index (χ3n) is 2.18. The van der Waals surface area contributed by atoms with Gasteiger partial charge in [0.25, 0.3) is 15.2 Å². The Hall–Kier alpha value is -1.32. The van der Waals surface area contributed by atoms with Crippen molar-refractivity contribution in [3.63, 3.8) is 0 Å². The second-order valence-corrected chi connectivity index (χ2v) is 6.40. The van der Waals surface area contributed by atoms with Crippen molar-refractivity contribution in [1.82, 2.24) is 19.7 Å². The molecule has 2 aromatic rings. The lowest BCUT2D eigenvalue weighted by Crippen LogP contribution is -2.20. The van der Waals surface area contributed by atoms with Gasteiger partial charge in [0.15, 0.2) is 5.82 Å². The SMILES string of the molecule is CC(C)Cn1c(-c2cscn2)nnc1S(N)(=O)=O. The molecule has 0 aliphatic carbocycles. The molecule has 0 aliphatic rings. The van der Waals surface area contributed by atoms with E-state index in [0.717, 1.165) is 0 Å². The Morgan fingerprint density at radius 3 is 2.67 bits per heavy atom. The minimum atomic E-state index is -3.88. The fraction of sp³-hybridized carbons (Fsp3) is 0.444. The van der Waals surface area contributed by atoms with Crippen LogP contribution in [0.2, 0.25) is 0 Å². The van der Waals surface area contributed by atoms with E-state index in [1.165, 1.54) is 15.9 Å². The van der Waals surface area contributed by atoms with Crippen molar-refractivity contribution in [1.29, 1.82) is 0 Å². The highest BCUT2D eigenvalue weighted by Crippen LogP contribution is 2.21. The van der Waals surface area contributed by atoms with Crippen LogP contribution in [0, 0.1) is 5.92 Å². The molecule has 2 N–H and O–H groups in total. The zero-order valence-electron chi connectivity index (χ0n) is 9.94. The number of hydrogen-bond acceptors (Lipinski definition) is 6. The summed E-state index contributed by atoms with van der Waals surface area (Å²) in [6, 6.07) is 0. The molecule has 98 valence electrons. The molecule has 0 unspecified atom stereocenters. The van der Waals surface area contributed by atoms with Gasteiger partial charge in [-0.15, -0.1) is 21.5 Å². The number of nitrogens with zero attached hydrogens (tertiary/aromatic N) is 4. The van der Waals surface area contributed by atoms with E-state index in [4.69, 9.17) is 5.14 Å². The Morgan fingerprint density at radius 1 is 1.44 bits per heavy atom. The van der Waals surface area contributed by atoms with Gasteiger partial charge in [-0.2, -0.15) is 0 Å². The van der Waals surface area contributed by atoms with E-state index in [0.29, 0.717) is 18.1 Å². The molecule has 0 aliphatic heterocycles. The van der Waals surface area contributed by atoms with E-state index in [1.54, 1.807) is 10.9 Å². The average Bonchev–Trinajstić information content (AvgIpc) is 2.81. The third kappa shape index (κ3) is 2.57. The molecule has 0 bridgehead atoms. The van der Waals surface area contributed by atoms with Crippen molar-refractivity contribution >= 4 is 21.4 Å². The highest BCUT2D eigenvalue weighted by Gasteiger charge is 2.23. The minimum Gasteiger partial charge on any atom is -0.295 e. The molecule has 0 atom stereocenters. The number of nitrogens with two attached hydrogens (primary N) is 1. The Bertz CT molecular complexity index is 630. The molecule has 2 rings (SSSR count). The topological polar surface area (TPSA) is 104 Å². The van der Waals surface area contributed by atoms with Crippen LogP contribution in [0.5, 0.6) is 0 Å². The van der Waals surface area contributed by atoms with E-state index >= 15 is 0 Å². The number of rotatable bonds is 4. The third-order valence-corrected chi connectivity index (χ3v) is 3.58. The van der Waals surface area contributed by atoms with E-state index in [9.17, 15) is 8.42 Å². The van der Waals surface area contributed by atoms with Crippen LogP contribution in [0.1, 0.15) is 13.8 Å². The number of sulfonamides is 1. The Morgan fingerprint density at radius 2 is 2.17 bits per heavy atom. The molecule has 0 spiro atoms. The fourth-order valence-electron chi connectivity index (χ4n) is 1.54. The lowest BCUT2D eigenvalue weighted by molar-refractivity contribution is 0.486. The zero-order chi connectivity index (χ0) is 13.3. The van der Waals surface area contributed by atoms with Crippen molar-refractivity contribution in [2.75, 3.05) is 0 Å². The first-order valence-electron chi connectivity index (χ1n) is 5.24. The first-order valence-corrected chi connectivity index (χ1v) is 7.73. The molecule has 0 saturated carbocycles. The molecule has 0 amide bonds. The summed E-state index contributed by atoms with van der Waals surface area (Å²) in [5, 5.41) is 14.2. The van der Waals surface area contributed by atoms with Crippen molar-refractivity contribution in [2.24, 2.45) is 11.1 Å². The van der Waals surface area contributed by atoms with Crippen LogP contribution >= 0.6 is 11.3 Å². The summed E-state index contributed by atoms with van der Waals surface area (Å²) in [5.41, 5.74) is 2.25. The molecule has 18 heavy (non-hydrogen) atoms. The summed E-state index contributed by atoms with van der Waals surface area (Å²) >= 11 is 1.41. The summed E-state index contributed by atoms with van der Waals surface area (Å²) in [5.74, 6) is 0.660. The fourth-order valence-corrected chi connectivity index (χ4v) is 2.69. The molecule has 2 heterocycles. The van der Waals surface area contributed by atoms with E-state index < -0.39 is 10.0 Å². The van der Waals surface area contributed by atoms with E-state index in [-0.39, 0.29) is 11.1 Å². The summed E-state index contributed by atoms with van der Waals surface area (Å²) < 4.78 is 24.4. The molecule has 0 fully saturated rings. The van der Waals surface area contributed by atoms with Crippen LogP contribution in [-0.2, 0) is 16.6 Å². The van der Waals surface area contributed by atoms with Crippen LogP contribution < -0.4 is 5.14 Å². The zero-order valence-corrected chi connectivity index (χ0v) is 11.6. The van der Waals surface area contributed by atoms with Gasteiger partial charge in [0, 0.05) is 11.9 Å². The second kappa shape index (κ2) is 4.75. The average molecular weight is 287 g/mol. The van der Waals surface area contributed by atoms with Crippen molar-refractivity contribution < 1.29 is 8.42 Å². The van der Waals surface area contributed by atoms with Crippen LogP contribution in [-0.4, -0.2) is 28.2 Å². The van der Waals surface area contributed by atoms with Gasteiger partial charge >= 0.3 is 0 Å². The van der Waals surface area contributed by atoms with Crippen molar-refractivity contribution in [3.8, 4) is 11.5 Å².